The Balaban J connectivity index is 1.64. The number of fused-ring (bicyclic) bond motifs is 2. The maximum atomic E-state index is 10.4. The van der Waals surface area contributed by atoms with Crippen molar-refractivity contribution in [1.29, 1.82) is 0 Å². The van der Waals surface area contributed by atoms with Crippen LogP contribution in [-0.4, -0.2) is 82.5 Å². The summed E-state index contributed by atoms with van der Waals surface area (Å²) in [6.45, 7) is 0.208. The Bertz CT molecular complexity index is 397. The second-order valence-corrected chi connectivity index (χ2v) is 8.24. The van der Waals surface area contributed by atoms with E-state index >= 15 is 0 Å². The smallest absolute Gasteiger partial charge is 0.0842 e. The molecule has 0 aromatic heterocycles. The monoisotopic (exact) mass is 388 g/mol. The molecular formula is C20H36O7. The van der Waals surface area contributed by atoms with Crippen molar-refractivity contribution < 1.29 is 34.6 Å². The highest BCUT2D eigenvalue weighted by molar-refractivity contribution is 4.91. The van der Waals surface area contributed by atoms with Crippen LogP contribution in [0.3, 0.4) is 0 Å². The molecule has 0 aromatic rings. The summed E-state index contributed by atoms with van der Waals surface area (Å²) in [6, 6.07) is 0. The SMILES string of the molecule is OCCC[C@@H]1O[C@@H]2CC[C@@H]3O[C@H](CCCO)[C@@H](O)CC[C@H]3O[C@H]2CC[C@H]1O. The minimum absolute atomic E-state index is 0.0662. The Morgan fingerprint density at radius 1 is 0.556 bits per heavy atom. The fourth-order valence-corrected chi connectivity index (χ4v) is 4.70. The molecule has 27 heavy (non-hydrogen) atoms. The first-order valence-electron chi connectivity index (χ1n) is 10.7. The topological polar surface area (TPSA) is 109 Å². The van der Waals surface area contributed by atoms with Gasteiger partial charge < -0.3 is 34.6 Å². The number of hydrogen-bond acceptors (Lipinski definition) is 7. The van der Waals surface area contributed by atoms with Crippen molar-refractivity contribution in [3.8, 4) is 0 Å². The van der Waals surface area contributed by atoms with E-state index in [0.29, 0.717) is 38.5 Å². The van der Waals surface area contributed by atoms with Crippen molar-refractivity contribution in [2.45, 2.75) is 113 Å². The zero-order chi connectivity index (χ0) is 19.2. The van der Waals surface area contributed by atoms with Crippen molar-refractivity contribution in [1.82, 2.24) is 0 Å². The normalized spacial score (nSPS) is 43.1. The van der Waals surface area contributed by atoms with Gasteiger partial charge in [0.05, 0.1) is 48.8 Å². The van der Waals surface area contributed by atoms with E-state index < -0.39 is 12.2 Å². The van der Waals surface area contributed by atoms with E-state index in [2.05, 4.69) is 0 Å². The number of hydrogen-bond donors (Lipinski definition) is 4. The fraction of sp³-hybridized carbons (Fsp3) is 1.00. The molecule has 0 aliphatic carbocycles. The van der Waals surface area contributed by atoms with Crippen LogP contribution in [0, 0.1) is 0 Å². The van der Waals surface area contributed by atoms with Crippen LogP contribution in [0.5, 0.6) is 0 Å². The molecular weight excluding hydrogens is 352 g/mol. The maximum absolute atomic E-state index is 10.4. The average Bonchev–Trinajstić information content (AvgIpc) is 2.99. The Morgan fingerprint density at radius 3 is 1.33 bits per heavy atom. The van der Waals surface area contributed by atoms with Crippen molar-refractivity contribution in [3.63, 3.8) is 0 Å². The fourth-order valence-electron chi connectivity index (χ4n) is 4.70. The second-order valence-electron chi connectivity index (χ2n) is 8.24. The van der Waals surface area contributed by atoms with Gasteiger partial charge >= 0.3 is 0 Å². The molecule has 3 rings (SSSR count). The van der Waals surface area contributed by atoms with Gasteiger partial charge in [-0.1, -0.05) is 0 Å². The lowest BCUT2D eigenvalue weighted by atomic mass is 10.0. The predicted molar refractivity (Wildman–Crippen MR) is 98.3 cm³/mol. The maximum Gasteiger partial charge on any atom is 0.0842 e. The predicted octanol–water partition coefficient (Wildman–Crippen LogP) is 0.896. The van der Waals surface area contributed by atoms with E-state index in [1.54, 1.807) is 0 Å². The molecule has 8 atom stereocenters. The summed E-state index contributed by atoms with van der Waals surface area (Å²) in [5.41, 5.74) is 0. The minimum atomic E-state index is -0.516. The van der Waals surface area contributed by atoms with Crippen LogP contribution >= 0.6 is 0 Å². The molecule has 0 unspecified atom stereocenters. The van der Waals surface area contributed by atoms with Crippen molar-refractivity contribution in [2.75, 3.05) is 13.2 Å². The molecule has 158 valence electrons. The standard InChI is InChI=1S/C20H36O7/c21-11-1-3-15-13(23)5-7-17-19(25-15)9-10-20-18(27-17)8-6-14(24)16(26-20)4-2-12-22/h13-24H,1-12H2/t13-,14+,15+,16-,17+,18-,19-,20+. The summed E-state index contributed by atoms with van der Waals surface area (Å²) in [5, 5.41) is 38.9. The van der Waals surface area contributed by atoms with E-state index in [1.165, 1.54) is 0 Å². The molecule has 3 fully saturated rings. The summed E-state index contributed by atoms with van der Waals surface area (Å²) in [4.78, 5) is 0. The largest absolute Gasteiger partial charge is 0.396 e. The second kappa shape index (κ2) is 10.5. The minimum Gasteiger partial charge on any atom is -0.396 e. The molecule has 4 N–H and O–H groups in total. The van der Waals surface area contributed by atoms with Gasteiger partial charge in [-0.05, 0) is 64.2 Å². The van der Waals surface area contributed by atoms with Crippen LogP contribution in [0.4, 0.5) is 0 Å². The van der Waals surface area contributed by atoms with E-state index in [0.717, 1.165) is 25.7 Å². The molecule has 3 aliphatic rings. The van der Waals surface area contributed by atoms with Gasteiger partial charge in [0.1, 0.15) is 0 Å². The van der Waals surface area contributed by atoms with E-state index in [9.17, 15) is 10.2 Å². The van der Waals surface area contributed by atoms with Crippen LogP contribution in [0.1, 0.15) is 64.2 Å². The third-order valence-corrected chi connectivity index (χ3v) is 6.26. The number of rotatable bonds is 6. The first kappa shape index (κ1) is 21.4. The molecule has 0 spiro atoms. The van der Waals surface area contributed by atoms with E-state index in [-0.39, 0.29) is 49.8 Å². The molecule has 3 saturated heterocycles. The summed E-state index contributed by atoms with van der Waals surface area (Å²) >= 11 is 0. The summed E-state index contributed by atoms with van der Waals surface area (Å²) in [6.07, 6.45) is 5.13. The van der Waals surface area contributed by atoms with Crippen LogP contribution in [-0.2, 0) is 14.2 Å². The van der Waals surface area contributed by atoms with Gasteiger partial charge in [0.25, 0.3) is 0 Å². The zero-order valence-electron chi connectivity index (χ0n) is 16.1. The van der Waals surface area contributed by atoms with Crippen molar-refractivity contribution in [2.24, 2.45) is 0 Å². The Labute approximate surface area is 161 Å². The summed E-state index contributed by atoms with van der Waals surface area (Å²) in [7, 11) is 0. The number of aliphatic hydroxyl groups excluding tert-OH is 4. The molecule has 3 aliphatic heterocycles. The lowest BCUT2D eigenvalue weighted by Gasteiger charge is -2.28. The summed E-state index contributed by atoms with van der Waals surface area (Å²) < 4.78 is 18.9. The van der Waals surface area contributed by atoms with Crippen LogP contribution in [0.25, 0.3) is 0 Å². The lowest BCUT2D eigenvalue weighted by Crippen LogP contribution is -2.36. The van der Waals surface area contributed by atoms with Gasteiger partial charge in [0, 0.05) is 13.2 Å². The molecule has 3 heterocycles. The average molecular weight is 389 g/mol. The Hall–Kier alpha value is -0.280. The molecule has 0 bridgehead atoms. The quantitative estimate of drug-likeness (QED) is 0.535. The highest BCUT2D eigenvalue weighted by atomic mass is 16.6. The van der Waals surface area contributed by atoms with Gasteiger partial charge in [0.15, 0.2) is 0 Å². The highest BCUT2D eigenvalue weighted by Gasteiger charge is 2.42. The van der Waals surface area contributed by atoms with Crippen molar-refractivity contribution in [3.05, 3.63) is 0 Å². The lowest BCUT2D eigenvalue weighted by molar-refractivity contribution is -0.141. The first-order chi connectivity index (χ1) is 13.1. The Kier molecular flexibility index (Phi) is 8.32. The highest BCUT2D eigenvalue weighted by Crippen LogP contribution is 2.36. The number of ether oxygens (including phenoxy) is 3. The molecule has 0 radical (unpaired) electrons. The Morgan fingerprint density at radius 2 is 0.926 bits per heavy atom. The first-order valence-corrected chi connectivity index (χ1v) is 10.7. The third kappa shape index (κ3) is 5.63. The number of aliphatic hydroxyl groups is 4. The summed E-state index contributed by atoms with van der Waals surface area (Å²) in [5.74, 6) is 0. The molecule has 0 saturated carbocycles. The molecule has 0 amide bonds. The van der Waals surface area contributed by atoms with Crippen molar-refractivity contribution >= 4 is 0 Å². The molecule has 7 nitrogen and oxygen atoms in total. The van der Waals surface area contributed by atoms with Crippen LogP contribution in [0.15, 0.2) is 0 Å². The van der Waals surface area contributed by atoms with E-state index in [1.807, 2.05) is 0 Å². The van der Waals surface area contributed by atoms with Crippen LogP contribution < -0.4 is 0 Å². The van der Waals surface area contributed by atoms with Gasteiger partial charge in [-0.15, -0.1) is 0 Å². The van der Waals surface area contributed by atoms with E-state index in [4.69, 9.17) is 24.4 Å². The van der Waals surface area contributed by atoms with Gasteiger partial charge in [0.2, 0.25) is 0 Å². The van der Waals surface area contributed by atoms with Crippen LogP contribution in [0.2, 0.25) is 0 Å². The molecule has 7 heteroatoms. The van der Waals surface area contributed by atoms with Gasteiger partial charge in [-0.2, -0.15) is 0 Å². The van der Waals surface area contributed by atoms with Gasteiger partial charge in [-0.3, -0.25) is 0 Å². The van der Waals surface area contributed by atoms with Gasteiger partial charge in [-0.25, -0.2) is 0 Å². The third-order valence-electron chi connectivity index (χ3n) is 6.26. The molecule has 0 aromatic carbocycles. The zero-order valence-corrected chi connectivity index (χ0v) is 16.1.